The first-order chi connectivity index (χ1) is 12.6. The molecule has 26 heavy (non-hydrogen) atoms. The molecule has 1 aliphatic heterocycles. The van der Waals surface area contributed by atoms with Crippen molar-refractivity contribution in [2.45, 2.75) is 24.3 Å². The average molecular weight is 375 g/mol. The van der Waals surface area contributed by atoms with Gasteiger partial charge in [0.15, 0.2) is 0 Å². The third-order valence-corrected chi connectivity index (χ3v) is 6.65. The van der Waals surface area contributed by atoms with Gasteiger partial charge < -0.3 is 9.47 Å². The van der Waals surface area contributed by atoms with Crippen LogP contribution in [0.3, 0.4) is 0 Å². The maximum atomic E-state index is 12.7. The molecule has 140 valence electrons. The molecule has 2 aromatic carbocycles. The molecule has 0 unspecified atom stereocenters. The molecule has 2 aromatic rings. The highest BCUT2D eigenvalue weighted by atomic mass is 32.2. The minimum absolute atomic E-state index is 0.317. The van der Waals surface area contributed by atoms with Gasteiger partial charge in [0.1, 0.15) is 5.75 Å². The Morgan fingerprint density at radius 3 is 2.27 bits per heavy atom. The lowest BCUT2D eigenvalue weighted by Gasteiger charge is -2.31. The van der Waals surface area contributed by atoms with Crippen LogP contribution < -0.4 is 4.74 Å². The van der Waals surface area contributed by atoms with E-state index in [4.69, 9.17) is 9.47 Å². The Morgan fingerprint density at radius 2 is 1.65 bits per heavy atom. The van der Waals surface area contributed by atoms with Crippen LogP contribution >= 0.6 is 0 Å². The van der Waals surface area contributed by atoms with Crippen LogP contribution in [0.1, 0.15) is 18.4 Å². The minimum atomic E-state index is -3.44. The van der Waals surface area contributed by atoms with Crippen LogP contribution in [0.15, 0.2) is 59.5 Å². The molecule has 3 rings (SSSR count). The summed E-state index contributed by atoms with van der Waals surface area (Å²) in [5.74, 6) is 1.05. The standard InChI is InChI=1S/C20H25NO4S/c1-24-19-7-9-20(10-8-19)26(22,23)21-13-11-18(12-14-21)16-25-15-17-5-3-2-4-6-17/h2-10,18H,11-16H2,1H3. The maximum Gasteiger partial charge on any atom is 0.243 e. The summed E-state index contributed by atoms with van der Waals surface area (Å²) in [6.07, 6.45) is 1.65. The molecule has 6 heteroatoms. The summed E-state index contributed by atoms with van der Waals surface area (Å²) >= 11 is 0. The number of piperidine rings is 1. The maximum absolute atomic E-state index is 12.7. The number of sulfonamides is 1. The minimum Gasteiger partial charge on any atom is -0.497 e. The van der Waals surface area contributed by atoms with Crippen molar-refractivity contribution in [1.82, 2.24) is 4.31 Å². The zero-order chi connectivity index (χ0) is 18.4. The second kappa shape index (κ2) is 8.66. The van der Waals surface area contributed by atoms with E-state index in [2.05, 4.69) is 0 Å². The van der Waals surface area contributed by atoms with Crippen molar-refractivity contribution in [3.63, 3.8) is 0 Å². The van der Waals surface area contributed by atoms with Gasteiger partial charge in [-0.1, -0.05) is 30.3 Å². The summed E-state index contributed by atoms with van der Waals surface area (Å²) in [5.41, 5.74) is 1.16. The van der Waals surface area contributed by atoms with E-state index in [-0.39, 0.29) is 0 Å². The fraction of sp³-hybridized carbons (Fsp3) is 0.400. The van der Waals surface area contributed by atoms with Crippen molar-refractivity contribution in [3.8, 4) is 5.75 Å². The molecule has 0 radical (unpaired) electrons. The molecular weight excluding hydrogens is 350 g/mol. The first-order valence-corrected chi connectivity index (χ1v) is 10.3. The van der Waals surface area contributed by atoms with Crippen molar-refractivity contribution in [2.24, 2.45) is 5.92 Å². The Hall–Kier alpha value is -1.89. The smallest absolute Gasteiger partial charge is 0.243 e. The number of benzene rings is 2. The largest absolute Gasteiger partial charge is 0.497 e. The van der Waals surface area contributed by atoms with Crippen LogP contribution in [0, 0.1) is 5.92 Å². The average Bonchev–Trinajstić information content (AvgIpc) is 2.69. The van der Waals surface area contributed by atoms with E-state index in [1.54, 1.807) is 35.7 Å². The molecule has 1 aliphatic rings. The first kappa shape index (κ1) is 18.9. The number of hydrogen-bond donors (Lipinski definition) is 0. The fourth-order valence-corrected chi connectivity index (χ4v) is 4.60. The Labute approximate surface area is 155 Å². The van der Waals surface area contributed by atoms with Gasteiger partial charge in [-0.15, -0.1) is 0 Å². The Balaban J connectivity index is 1.49. The lowest BCUT2D eigenvalue weighted by atomic mass is 9.99. The van der Waals surface area contributed by atoms with Crippen molar-refractivity contribution >= 4 is 10.0 Å². The number of nitrogens with zero attached hydrogens (tertiary/aromatic N) is 1. The summed E-state index contributed by atoms with van der Waals surface area (Å²) < 4.78 is 38.0. The van der Waals surface area contributed by atoms with Crippen LogP contribution in [-0.4, -0.2) is 39.5 Å². The third kappa shape index (κ3) is 4.63. The van der Waals surface area contributed by atoms with Crippen LogP contribution in [0.2, 0.25) is 0 Å². The van der Waals surface area contributed by atoms with Gasteiger partial charge in [0.25, 0.3) is 0 Å². The first-order valence-electron chi connectivity index (χ1n) is 8.85. The number of hydrogen-bond acceptors (Lipinski definition) is 4. The van der Waals surface area contributed by atoms with Crippen LogP contribution in [-0.2, 0) is 21.4 Å². The lowest BCUT2D eigenvalue weighted by Crippen LogP contribution is -2.39. The fourth-order valence-electron chi connectivity index (χ4n) is 3.13. The van der Waals surface area contributed by atoms with Crippen LogP contribution in [0.4, 0.5) is 0 Å². The van der Waals surface area contributed by atoms with Crippen molar-refractivity contribution in [3.05, 3.63) is 60.2 Å². The van der Waals surface area contributed by atoms with Gasteiger partial charge in [0, 0.05) is 19.7 Å². The molecule has 0 saturated carbocycles. The van der Waals surface area contributed by atoms with E-state index in [0.29, 0.717) is 42.9 Å². The zero-order valence-electron chi connectivity index (χ0n) is 15.0. The van der Waals surface area contributed by atoms with Gasteiger partial charge in [-0.2, -0.15) is 4.31 Å². The molecule has 1 heterocycles. The quantitative estimate of drug-likeness (QED) is 0.745. The van der Waals surface area contributed by atoms with Gasteiger partial charge in [0.05, 0.1) is 18.6 Å². The topological polar surface area (TPSA) is 55.8 Å². The van der Waals surface area contributed by atoms with Gasteiger partial charge in [-0.25, -0.2) is 8.42 Å². The Bertz CT molecular complexity index is 782. The monoisotopic (exact) mass is 375 g/mol. The highest BCUT2D eigenvalue weighted by molar-refractivity contribution is 7.89. The highest BCUT2D eigenvalue weighted by Crippen LogP contribution is 2.25. The summed E-state index contributed by atoms with van der Waals surface area (Å²) in [4.78, 5) is 0.317. The van der Waals surface area contributed by atoms with E-state index in [9.17, 15) is 8.42 Å². The summed E-state index contributed by atoms with van der Waals surface area (Å²) in [5, 5.41) is 0. The normalized spacial score (nSPS) is 16.5. The second-order valence-corrected chi connectivity index (χ2v) is 8.46. The highest BCUT2D eigenvalue weighted by Gasteiger charge is 2.29. The van der Waals surface area contributed by atoms with Gasteiger partial charge in [0.2, 0.25) is 10.0 Å². The number of methoxy groups -OCH3 is 1. The molecule has 0 N–H and O–H groups in total. The van der Waals surface area contributed by atoms with Crippen molar-refractivity contribution < 1.29 is 17.9 Å². The molecule has 0 bridgehead atoms. The lowest BCUT2D eigenvalue weighted by molar-refractivity contribution is 0.0688. The van der Waals surface area contributed by atoms with E-state index < -0.39 is 10.0 Å². The molecule has 0 spiro atoms. The Morgan fingerprint density at radius 1 is 1.00 bits per heavy atom. The molecule has 0 amide bonds. The predicted molar refractivity (Wildman–Crippen MR) is 101 cm³/mol. The van der Waals surface area contributed by atoms with E-state index in [0.717, 1.165) is 18.4 Å². The molecule has 0 atom stereocenters. The van der Waals surface area contributed by atoms with Crippen LogP contribution in [0.25, 0.3) is 0 Å². The van der Waals surface area contributed by atoms with Crippen molar-refractivity contribution in [2.75, 3.05) is 26.8 Å². The Kier molecular flexibility index (Phi) is 6.29. The van der Waals surface area contributed by atoms with E-state index in [1.165, 1.54) is 0 Å². The van der Waals surface area contributed by atoms with Gasteiger partial charge >= 0.3 is 0 Å². The zero-order valence-corrected chi connectivity index (χ0v) is 15.8. The van der Waals surface area contributed by atoms with Gasteiger partial charge in [-0.05, 0) is 48.6 Å². The van der Waals surface area contributed by atoms with Crippen molar-refractivity contribution in [1.29, 1.82) is 0 Å². The van der Waals surface area contributed by atoms with E-state index in [1.807, 2.05) is 30.3 Å². The molecule has 5 nitrogen and oxygen atoms in total. The molecular formula is C20H25NO4S. The molecule has 0 aromatic heterocycles. The summed E-state index contributed by atoms with van der Waals surface area (Å²) in [7, 11) is -1.87. The second-order valence-electron chi connectivity index (χ2n) is 6.52. The summed E-state index contributed by atoms with van der Waals surface area (Å²) in [6, 6.07) is 16.6. The van der Waals surface area contributed by atoms with E-state index >= 15 is 0 Å². The molecule has 1 saturated heterocycles. The summed E-state index contributed by atoms with van der Waals surface area (Å²) in [6.45, 7) is 2.35. The number of ether oxygens (including phenoxy) is 2. The molecule has 1 fully saturated rings. The third-order valence-electron chi connectivity index (χ3n) is 4.74. The SMILES string of the molecule is COc1ccc(S(=O)(=O)N2CCC(COCc3ccccc3)CC2)cc1. The van der Waals surface area contributed by atoms with Gasteiger partial charge in [-0.3, -0.25) is 0 Å². The molecule has 0 aliphatic carbocycles. The number of rotatable bonds is 7. The predicted octanol–water partition coefficient (Wildman–Crippen LogP) is 3.31. The van der Waals surface area contributed by atoms with Crippen LogP contribution in [0.5, 0.6) is 5.75 Å².